The summed E-state index contributed by atoms with van der Waals surface area (Å²) in [6.07, 6.45) is 0. The van der Waals surface area contributed by atoms with Crippen LogP contribution in [0.3, 0.4) is 0 Å². The Balaban J connectivity index is 2.28. The van der Waals surface area contributed by atoms with Crippen LogP contribution in [0.5, 0.6) is 0 Å². The summed E-state index contributed by atoms with van der Waals surface area (Å²) in [5.74, 6) is -1.78. The molecule has 0 aromatic heterocycles. The van der Waals surface area contributed by atoms with Crippen molar-refractivity contribution >= 4 is 29.6 Å². The summed E-state index contributed by atoms with van der Waals surface area (Å²) in [6.45, 7) is 1.45. The van der Waals surface area contributed by atoms with Crippen LogP contribution in [0.1, 0.15) is 6.92 Å². The zero-order chi connectivity index (χ0) is 16.7. The third-order valence-corrected chi connectivity index (χ3v) is 4.98. The van der Waals surface area contributed by atoms with Gasteiger partial charge in [0.15, 0.2) is 0 Å². The van der Waals surface area contributed by atoms with Crippen molar-refractivity contribution in [1.29, 1.82) is 0 Å². The predicted octanol–water partition coefficient (Wildman–Crippen LogP) is -0.938. The Hall–Kier alpha value is -1.58. The maximum absolute atomic E-state index is 12.4. The summed E-state index contributed by atoms with van der Waals surface area (Å²) in [5.41, 5.74) is 5.37. The fourth-order valence-electron chi connectivity index (χ4n) is 2.68. The molecular formula is C13H19N3O5S. The smallest absolute Gasteiger partial charge is 0.352 e. The Kier molecular flexibility index (Phi) is 4.50. The van der Waals surface area contributed by atoms with Crippen molar-refractivity contribution in [2.24, 2.45) is 5.73 Å². The average molecular weight is 329 g/mol. The number of ether oxygens (including phenoxy) is 1. The van der Waals surface area contributed by atoms with Gasteiger partial charge in [0.25, 0.3) is 5.91 Å². The van der Waals surface area contributed by atoms with Crippen molar-refractivity contribution in [3.05, 3.63) is 11.3 Å². The summed E-state index contributed by atoms with van der Waals surface area (Å²) >= 11 is 1.39. The summed E-state index contributed by atoms with van der Waals surface area (Å²) in [6, 6.07) is 0. The van der Waals surface area contributed by atoms with Crippen molar-refractivity contribution in [2.45, 2.75) is 17.8 Å². The molecule has 8 nitrogen and oxygen atoms in total. The van der Waals surface area contributed by atoms with Crippen LogP contribution in [0, 0.1) is 0 Å². The minimum Gasteiger partial charge on any atom is -0.477 e. The van der Waals surface area contributed by atoms with Gasteiger partial charge in [-0.2, -0.15) is 0 Å². The van der Waals surface area contributed by atoms with Gasteiger partial charge in [-0.25, -0.2) is 4.79 Å². The lowest BCUT2D eigenvalue weighted by atomic mass is 9.87. The van der Waals surface area contributed by atoms with Crippen LogP contribution < -0.4 is 5.73 Å². The first-order valence-corrected chi connectivity index (χ1v) is 7.71. The van der Waals surface area contributed by atoms with Gasteiger partial charge >= 0.3 is 11.9 Å². The van der Waals surface area contributed by atoms with E-state index in [9.17, 15) is 19.5 Å². The molecule has 0 aliphatic carbocycles. The average Bonchev–Trinajstić information content (AvgIpc) is 2.42. The normalized spacial score (nSPS) is 27.6. The number of nitrogens with zero attached hydrogens (tertiary/aromatic N) is 2. The van der Waals surface area contributed by atoms with Gasteiger partial charge in [0.1, 0.15) is 23.2 Å². The Morgan fingerprint density at radius 3 is 2.68 bits per heavy atom. The first-order valence-electron chi connectivity index (χ1n) is 6.66. The first kappa shape index (κ1) is 16.8. The van der Waals surface area contributed by atoms with Gasteiger partial charge in [-0.15, -0.1) is 11.8 Å². The molecule has 2 rings (SSSR count). The highest BCUT2D eigenvalue weighted by Gasteiger charge is 2.62. The largest absolute Gasteiger partial charge is 0.477 e. The number of carboxylic acid groups (broad SMARTS) is 1. The lowest BCUT2D eigenvalue weighted by Crippen LogP contribution is -2.80. The highest BCUT2D eigenvalue weighted by atomic mass is 32.2. The summed E-state index contributed by atoms with van der Waals surface area (Å²) in [4.78, 5) is 37.8. The minimum absolute atomic E-state index is 0.116. The van der Waals surface area contributed by atoms with Gasteiger partial charge in [-0.1, -0.05) is 0 Å². The first-order chi connectivity index (χ1) is 10.2. The molecular weight excluding hydrogens is 310 g/mol. The predicted molar refractivity (Wildman–Crippen MR) is 79.9 cm³/mol. The Morgan fingerprint density at radius 1 is 1.55 bits per heavy atom. The second-order valence-electron chi connectivity index (χ2n) is 5.65. The molecule has 2 aliphatic rings. The SMILES string of the molecule is CC(=O)OCC1=C(C(=O)O)N2C(=O)[C@@](N)(CN(C)C)[C@H]2SC1. The number of hydrogen-bond acceptors (Lipinski definition) is 7. The molecule has 1 saturated heterocycles. The van der Waals surface area contributed by atoms with Crippen molar-refractivity contribution < 1.29 is 24.2 Å². The van der Waals surface area contributed by atoms with Gasteiger partial charge in [-0.05, 0) is 14.1 Å². The second-order valence-corrected chi connectivity index (χ2v) is 6.72. The van der Waals surface area contributed by atoms with Gasteiger partial charge in [0.2, 0.25) is 0 Å². The fraction of sp³-hybridized carbons (Fsp3) is 0.615. The van der Waals surface area contributed by atoms with Crippen LogP contribution in [0.2, 0.25) is 0 Å². The fourth-order valence-corrected chi connectivity index (χ4v) is 4.08. The number of β-lactam (4-membered cyclic amide) rings is 1. The molecule has 2 atom stereocenters. The van der Waals surface area contributed by atoms with E-state index in [-0.39, 0.29) is 12.3 Å². The molecule has 0 aromatic rings. The number of rotatable bonds is 5. The third-order valence-electron chi connectivity index (χ3n) is 3.51. The van der Waals surface area contributed by atoms with Crippen LogP contribution in [0.15, 0.2) is 11.3 Å². The summed E-state index contributed by atoms with van der Waals surface area (Å²) in [5, 5.41) is 8.99. The maximum Gasteiger partial charge on any atom is 0.352 e. The van der Waals surface area contributed by atoms with E-state index in [1.54, 1.807) is 19.0 Å². The van der Waals surface area contributed by atoms with E-state index in [4.69, 9.17) is 10.5 Å². The van der Waals surface area contributed by atoms with Crippen LogP contribution in [-0.2, 0) is 19.1 Å². The standard InChI is InChI=1S/C13H19N3O5S/c1-7(17)21-4-8-5-22-12-13(14,6-15(2)3)11(20)16(12)9(8)10(18)19/h12H,4-6,14H2,1-3H3,(H,18,19)/t12-,13+/m1/s1. The Bertz CT molecular complexity index is 562. The van der Waals surface area contributed by atoms with Gasteiger partial charge < -0.3 is 20.5 Å². The van der Waals surface area contributed by atoms with E-state index < -0.39 is 28.8 Å². The topological polar surface area (TPSA) is 113 Å². The molecule has 0 bridgehead atoms. The molecule has 1 amide bonds. The molecule has 0 radical (unpaired) electrons. The zero-order valence-electron chi connectivity index (χ0n) is 12.7. The number of aliphatic carboxylic acids is 1. The molecule has 3 N–H and O–H groups in total. The number of amides is 1. The van der Waals surface area contributed by atoms with Crippen LogP contribution in [-0.4, -0.2) is 76.7 Å². The van der Waals surface area contributed by atoms with E-state index in [0.29, 0.717) is 17.9 Å². The summed E-state index contributed by atoms with van der Waals surface area (Å²) < 4.78 is 4.87. The number of esters is 1. The molecule has 2 heterocycles. The number of likely N-dealkylation sites (N-methyl/N-ethyl adjacent to an activating group) is 1. The third kappa shape index (κ3) is 2.71. The zero-order valence-corrected chi connectivity index (χ0v) is 13.5. The van der Waals surface area contributed by atoms with Crippen molar-refractivity contribution in [2.75, 3.05) is 33.0 Å². The lowest BCUT2D eigenvalue weighted by molar-refractivity contribution is -0.155. The van der Waals surface area contributed by atoms with E-state index in [2.05, 4.69) is 0 Å². The number of carbonyl (C=O) groups excluding carboxylic acids is 2. The number of carboxylic acids is 1. The van der Waals surface area contributed by atoms with Crippen molar-refractivity contribution in [1.82, 2.24) is 9.80 Å². The number of fused-ring (bicyclic) bond motifs is 1. The van der Waals surface area contributed by atoms with Crippen LogP contribution in [0.25, 0.3) is 0 Å². The van der Waals surface area contributed by atoms with E-state index in [0.717, 1.165) is 0 Å². The second kappa shape index (κ2) is 5.90. The van der Waals surface area contributed by atoms with E-state index >= 15 is 0 Å². The molecule has 2 aliphatic heterocycles. The van der Waals surface area contributed by atoms with Crippen LogP contribution >= 0.6 is 11.8 Å². The Morgan fingerprint density at radius 2 is 2.18 bits per heavy atom. The van der Waals surface area contributed by atoms with Crippen LogP contribution in [0.4, 0.5) is 0 Å². The number of carbonyl (C=O) groups is 3. The molecule has 0 aromatic carbocycles. The highest BCUT2D eigenvalue weighted by Crippen LogP contribution is 2.45. The monoisotopic (exact) mass is 329 g/mol. The molecule has 0 saturated carbocycles. The van der Waals surface area contributed by atoms with Gasteiger partial charge in [0, 0.05) is 24.8 Å². The van der Waals surface area contributed by atoms with E-state index in [1.165, 1.54) is 23.6 Å². The molecule has 9 heteroatoms. The summed E-state index contributed by atoms with van der Waals surface area (Å²) in [7, 11) is 3.61. The highest BCUT2D eigenvalue weighted by molar-refractivity contribution is 8.00. The molecule has 1 fully saturated rings. The maximum atomic E-state index is 12.4. The number of hydrogen-bond donors (Lipinski definition) is 2. The minimum atomic E-state index is -1.22. The quantitative estimate of drug-likeness (QED) is 0.491. The van der Waals surface area contributed by atoms with Crippen molar-refractivity contribution in [3.63, 3.8) is 0 Å². The van der Waals surface area contributed by atoms with Gasteiger partial charge in [0.05, 0.1) is 0 Å². The van der Waals surface area contributed by atoms with E-state index in [1.807, 2.05) is 0 Å². The number of nitrogens with two attached hydrogens (primary N) is 1. The molecule has 0 unspecified atom stereocenters. The molecule has 22 heavy (non-hydrogen) atoms. The Labute approximate surface area is 132 Å². The lowest BCUT2D eigenvalue weighted by Gasteiger charge is -2.56. The van der Waals surface area contributed by atoms with Crippen molar-refractivity contribution in [3.8, 4) is 0 Å². The molecule has 0 spiro atoms. The van der Waals surface area contributed by atoms with Gasteiger partial charge in [-0.3, -0.25) is 14.5 Å². The molecule has 122 valence electrons. The number of thioether (sulfide) groups is 1.